The predicted octanol–water partition coefficient (Wildman–Crippen LogP) is 3.93. The summed E-state index contributed by atoms with van der Waals surface area (Å²) in [6.45, 7) is 3.95. The number of halogens is 2. The summed E-state index contributed by atoms with van der Waals surface area (Å²) < 4.78 is 12.7. The number of hydrogen-bond acceptors (Lipinski definition) is 0. The first kappa shape index (κ1) is 10.5. The third-order valence-electron chi connectivity index (χ3n) is 1.84. The van der Waals surface area contributed by atoms with Crippen molar-refractivity contribution in [3.05, 3.63) is 40.7 Å². The molecule has 0 amide bonds. The third kappa shape index (κ3) is 2.96. The number of hydrogen-bond donors (Lipinski definition) is 0. The molecule has 0 aromatic heterocycles. The summed E-state index contributed by atoms with van der Waals surface area (Å²) in [5.74, 6) is -0.175. The molecule has 1 aromatic rings. The van der Waals surface area contributed by atoms with Crippen molar-refractivity contribution in [3.63, 3.8) is 0 Å². The second-order valence-electron chi connectivity index (χ2n) is 3.13. The first-order valence-electron chi connectivity index (χ1n) is 4.13. The van der Waals surface area contributed by atoms with Crippen LogP contribution in [0.2, 0.25) is 0 Å². The summed E-state index contributed by atoms with van der Waals surface area (Å²) in [7, 11) is 0. The van der Waals surface area contributed by atoms with Gasteiger partial charge in [0.05, 0.1) is 0 Å². The van der Waals surface area contributed by atoms with Gasteiger partial charge in [-0.3, -0.25) is 0 Å². The van der Waals surface area contributed by atoms with E-state index in [1.807, 2.05) is 13.8 Å². The Morgan fingerprint density at radius 1 is 1.54 bits per heavy atom. The maximum absolute atomic E-state index is 12.7. The Hall–Kier alpha value is -0.630. The van der Waals surface area contributed by atoms with E-state index < -0.39 is 0 Å². The highest BCUT2D eigenvalue weighted by atomic mass is 79.9. The van der Waals surface area contributed by atoms with Crippen molar-refractivity contribution in [2.24, 2.45) is 0 Å². The lowest BCUT2D eigenvalue weighted by Crippen LogP contribution is -1.84. The Kier molecular flexibility index (Phi) is 3.67. The molecule has 0 aliphatic carbocycles. The molecule has 0 aliphatic rings. The lowest BCUT2D eigenvalue weighted by atomic mass is 10.1. The summed E-state index contributed by atoms with van der Waals surface area (Å²) >= 11 is 3.37. The van der Waals surface area contributed by atoms with E-state index in [1.54, 1.807) is 12.1 Å². The number of alkyl halides is 1. The van der Waals surface area contributed by atoms with Gasteiger partial charge in [0.15, 0.2) is 0 Å². The molecule has 70 valence electrons. The molecule has 0 aliphatic heterocycles. The van der Waals surface area contributed by atoms with Gasteiger partial charge < -0.3 is 0 Å². The van der Waals surface area contributed by atoms with Gasteiger partial charge in [-0.1, -0.05) is 33.6 Å². The van der Waals surface area contributed by atoms with Crippen LogP contribution in [-0.4, -0.2) is 5.33 Å². The van der Waals surface area contributed by atoms with E-state index in [4.69, 9.17) is 0 Å². The van der Waals surface area contributed by atoms with Crippen LogP contribution in [0.15, 0.2) is 23.8 Å². The molecule has 0 fully saturated rings. The molecular formula is C11H12BrF. The van der Waals surface area contributed by atoms with Crippen molar-refractivity contribution in [2.75, 3.05) is 5.33 Å². The molecule has 0 radical (unpaired) electrons. The Morgan fingerprint density at radius 2 is 2.23 bits per heavy atom. The topological polar surface area (TPSA) is 0 Å². The number of rotatable bonds is 2. The largest absolute Gasteiger partial charge is 0.207 e. The van der Waals surface area contributed by atoms with E-state index in [0.29, 0.717) is 0 Å². The first-order valence-corrected chi connectivity index (χ1v) is 5.25. The summed E-state index contributed by atoms with van der Waals surface area (Å²) in [6, 6.07) is 4.84. The highest BCUT2D eigenvalue weighted by Gasteiger charge is 1.97. The van der Waals surface area contributed by atoms with Crippen molar-refractivity contribution in [2.45, 2.75) is 13.8 Å². The van der Waals surface area contributed by atoms with Crippen LogP contribution in [0.1, 0.15) is 18.1 Å². The van der Waals surface area contributed by atoms with E-state index in [1.165, 1.54) is 11.6 Å². The highest BCUT2D eigenvalue weighted by Crippen LogP contribution is 2.14. The lowest BCUT2D eigenvalue weighted by molar-refractivity contribution is 0.626. The molecule has 0 saturated heterocycles. The fourth-order valence-electron chi connectivity index (χ4n) is 1.11. The molecule has 0 unspecified atom stereocenters. The molecular weight excluding hydrogens is 231 g/mol. The quantitative estimate of drug-likeness (QED) is 0.690. The molecule has 2 heteroatoms. The summed E-state index contributed by atoms with van der Waals surface area (Å²) in [4.78, 5) is 0. The normalized spacial score (nSPS) is 11.8. The van der Waals surface area contributed by atoms with E-state index in [0.717, 1.165) is 16.5 Å². The second-order valence-corrected chi connectivity index (χ2v) is 3.69. The van der Waals surface area contributed by atoms with E-state index in [2.05, 4.69) is 22.0 Å². The van der Waals surface area contributed by atoms with Crippen LogP contribution < -0.4 is 0 Å². The molecule has 0 heterocycles. The average Bonchev–Trinajstić information content (AvgIpc) is 2.09. The number of allylic oxidation sites excluding steroid dienone is 1. The van der Waals surface area contributed by atoms with Crippen LogP contribution in [0.25, 0.3) is 6.08 Å². The molecule has 1 aromatic carbocycles. The fraction of sp³-hybridized carbons (Fsp3) is 0.273. The Morgan fingerprint density at radius 3 is 2.77 bits per heavy atom. The molecule has 0 bridgehead atoms. The SMILES string of the molecule is CC(=Cc1ccc(F)cc1C)CBr. The summed E-state index contributed by atoms with van der Waals surface area (Å²) in [6.07, 6.45) is 2.06. The van der Waals surface area contributed by atoms with Gasteiger partial charge >= 0.3 is 0 Å². The van der Waals surface area contributed by atoms with Gasteiger partial charge in [0.25, 0.3) is 0 Å². The van der Waals surface area contributed by atoms with Gasteiger partial charge in [0, 0.05) is 5.33 Å². The predicted molar refractivity (Wildman–Crippen MR) is 58.6 cm³/mol. The van der Waals surface area contributed by atoms with Gasteiger partial charge in [0.1, 0.15) is 5.82 Å². The van der Waals surface area contributed by atoms with Crippen molar-refractivity contribution >= 4 is 22.0 Å². The van der Waals surface area contributed by atoms with Gasteiger partial charge in [-0.05, 0) is 37.1 Å². The molecule has 13 heavy (non-hydrogen) atoms. The summed E-state index contributed by atoms with van der Waals surface area (Å²) in [5, 5.41) is 0.851. The minimum Gasteiger partial charge on any atom is -0.207 e. The maximum atomic E-state index is 12.7. The zero-order valence-electron chi connectivity index (χ0n) is 7.77. The maximum Gasteiger partial charge on any atom is 0.123 e. The Bertz CT molecular complexity index is 329. The lowest BCUT2D eigenvalue weighted by Gasteiger charge is -2.01. The van der Waals surface area contributed by atoms with Crippen molar-refractivity contribution in [1.82, 2.24) is 0 Å². The zero-order chi connectivity index (χ0) is 9.84. The van der Waals surface area contributed by atoms with Crippen LogP contribution in [0.3, 0.4) is 0 Å². The van der Waals surface area contributed by atoms with Crippen LogP contribution in [0.5, 0.6) is 0 Å². The fourth-order valence-corrected chi connectivity index (χ4v) is 1.27. The monoisotopic (exact) mass is 242 g/mol. The minimum absolute atomic E-state index is 0.175. The average molecular weight is 243 g/mol. The van der Waals surface area contributed by atoms with Gasteiger partial charge in [-0.25, -0.2) is 4.39 Å². The molecule has 0 spiro atoms. The van der Waals surface area contributed by atoms with Gasteiger partial charge in [-0.2, -0.15) is 0 Å². The number of benzene rings is 1. The minimum atomic E-state index is -0.175. The van der Waals surface area contributed by atoms with Crippen molar-refractivity contribution in [3.8, 4) is 0 Å². The van der Waals surface area contributed by atoms with Crippen LogP contribution in [-0.2, 0) is 0 Å². The highest BCUT2D eigenvalue weighted by molar-refractivity contribution is 9.09. The van der Waals surface area contributed by atoms with E-state index in [-0.39, 0.29) is 5.82 Å². The Labute approximate surface area is 86.6 Å². The van der Waals surface area contributed by atoms with Gasteiger partial charge in [0.2, 0.25) is 0 Å². The molecule has 0 saturated carbocycles. The van der Waals surface area contributed by atoms with Gasteiger partial charge in [-0.15, -0.1) is 0 Å². The van der Waals surface area contributed by atoms with E-state index in [9.17, 15) is 4.39 Å². The number of aryl methyl sites for hydroxylation is 1. The third-order valence-corrected chi connectivity index (χ3v) is 2.73. The van der Waals surface area contributed by atoms with Crippen LogP contribution >= 0.6 is 15.9 Å². The van der Waals surface area contributed by atoms with Crippen molar-refractivity contribution in [1.29, 1.82) is 0 Å². The van der Waals surface area contributed by atoms with Crippen LogP contribution in [0.4, 0.5) is 4.39 Å². The Balaban J connectivity index is 3.03. The first-order chi connectivity index (χ1) is 6.13. The van der Waals surface area contributed by atoms with Crippen molar-refractivity contribution < 1.29 is 4.39 Å². The smallest absolute Gasteiger partial charge is 0.123 e. The summed E-state index contributed by atoms with van der Waals surface area (Å²) in [5.41, 5.74) is 3.29. The zero-order valence-corrected chi connectivity index (χ0v) is 9.36. The molecule has 0 nitrogen and oxygen atoms in total. The van der Waals surface area contributed by atoms with Crippen LogP contribution in [0, 0.1) is 12.7 Å². The molecule has 0 N–H and O–H groups in total. The second kappa shape index (κ2) is 4.56. The standard InChI is InChI=1S/C11H12BrF/c1-8(7-12)5-10-3-4-11(13)6-9(10)2/h3-6H,7H2,1-2H3. The molecule has 1 rings (SSSR count). The molecule has 0 atom stereocenters. The van der Waals surface area contributed by atoms with E-state index >= 15 is 0 Å².